The van der Waals surface area contributed by atoms with Crippen LogP contribution in [0.2, 0.25) is 0 Å². The summed E-state index contributed by atoms with van der Waals surface area (Å²) in [5.41, 5.74) is -4.12. The zero-order valence-electron chi connectivity index (χ0n) is 10.5. The number of rotatable bonds is 8. The molecule has 116 valence electrons. The van der Waals surface area contributed by atoms with E-state index in [0.29, 0.717) is 0 Å². The Morgan fingerprint density at radius 1 is 0.947 bits per heavy atom. The Kier molecular flexibility index (Phi) is 7.52. The molecule has 0 aliphatic rings. The van der Waals surface area contributed by atoms with Crippen LogP contribution < -0.4 is 0 Å². The van der Waals surface area contributed by atoms with Gasteiger partial charge in [0.1, 0.15) is 0 Å². The van der Waals surface area contributed by atoms with Gasteiger partial charge in [0.05, 0.1) is 13.2 Å². The third-order valence-corrected chi connectivity index (χ3v) is 3.13. The molecule has 19 heavy (non-hydrogen) atoms. The summed E-state index contributed by atoms with van der Waals surface area (Å²) in [6.07, 6.45) is -10.8. The van der Waals surface area contributed by atoms with E-state index in [4.69, 9.17) is 0 Å². The molecule has 0 unspecified atom stereocenters. The summed E-state index contributed by atoms with van der Waals surface area (Å²) in [7, 11) is 1.17. The van der Waals surface area contributed by atoms with Gasteiger partial charge in [-0.25, -0.2) is 0 Å². The summed E-state index contributed by atoms with van der Waals surface area (Å²) in [6, 6.07) is 0. The van der Waals surface area contributed by atoms with E-state index in [0.717, 1.165) is 0 Å². The zero-order valence-corrected chi connectivity index (χ0v) is 11.3. The van der Waals surface area contributed by atoms with Gasteiger partial charge >= 0.3 is 12.4 Å². The lowest BCUT2D eigenvalue weighted by Gasteiger charge is -2.37. The fraction of sp³-hybridized carbons (Fsp3) is 1.00. The third kappa shape index (κ3) is 5.03. The molecule has 0 atom stereocenters. The summed E-state index contributed by atoms with van der Waals surface area (Å²) in [4.78, 5) is 0. The van der Waals surface area contributed by atoms with Crippen LogP contribution in [0, 0.1) is 0 Å². The average molecular weight is 314 g/mol. The fourth-order valence-electron chi connectivity index (χ4n) is 1.44. The highest BCUT2D eigenvalue weighted by Crippen LogP contribution is 2.48. The van der Waals surface area contributed by atoms with Gasteiger partial charge < -0.3 is 9.47 Å². The largest absolute Gasteiger partial charge is 0.426 e. The van der Waals surface area contributed by atoms with E-state index in [1.807, 2.05) is 0 Å². The van der Waals surface area contributed by atoms with Gasteiger partial charge in [-0.1, -0.05) is 0 Å². The molecule has 2 nitrogen and oxygen atoms in total. The van der Waals surface area contributed by atoms with Crippen LogP contribution in [0.4, 0.5) is 26.3 Å². The number of methoxy groups -OCH3 is 1. The molecule has 0 aliphatic carbocycles. The number of hydrogen-bond donors (Lipinski definition) is 0. The van der Waals surface area contributed by atoms with Crippen LogP contribution in [0.25, 0.3) is 0 Å². The van der Waals surface area contributed by atoms with Crippen molar-refractivity contribution in [3.8, 4) is 0 Å². The number of ether oxygens (including phenoxy) is 2. The first-order chi connectivity index (χ1) is 8.62. The molecule has 0 heterocycles. The highest BCUT2D eigenvalue weighted by Gasteiger charge is 2.71. The number of halogens is 6. The molecule has 0 aromatic carbocycles. The molecule has 0 aromatic heterocycles. The van der Waals surface area contributed by atoms with Gasteiger partial charge in [0.15, 0.2) is 0 Å². The minimum atomic E-state index is -5.52. The lowest BCUT2D eigenvalue weighted by Crippen LogP contribution is -2.59. The SMILES string of the molecule is COCCOC(CCCSC)(C(F)(F)F)C(F)(F)F. The lowest BCUT2D eigenvalue weighted by molar-refractivity contribution is -0.383. The summed E-state index contributed by atoms with van der Waals surface area (Å²) in [5, 5.41) is 0. The van der Waals surface area contributed by atoms with Crippen molar-refractivity contribution in [1.82, 2.24) is 0 Å². The monoisotopic (exact) mass is 314 g/mol. The standard InChI is InChI=1S/C10H16F6O2S/c1-17-5-6-18-8(9(11,12)13,10(14,15)16)4-3-7-19-2/h3-7H2,1-2H3. The Labute approximate surface area is 111 Å². The molecule has 0 aromatic rings. The number of thioether (sulfide) groups is 1. The van der Waals surface area contributed by atoms with Crippen molar-refractivity contribution in [2.45, 2.75) is 30.8 Å². The average Bonchev–Trinajstić information content (AvgIpc) is 2.24. The second-order valence-corrected chi connectivity index (χ2v) is 4.75. The van der Waals surface area contributed by atoms with Crippen molar-refractivity contribution in [2.75, 3.05) is 32.3 Å². The second-order valence-electron chi connectivity index (χ2n) is 3.76. The van der Waals surface area contributed by atoms with Crippen molar-refractivity contribution in [2.24, 2.45) is 0 Å². The number of hydrogen-bond acceptors (Lipinski definition) is 3. The quantitative estimate of drug-likeness (QED) is 0.503. The Hall–Kier alpha value is -0.150. The molecule has 0 radical (unpaired) electrons. The van der Waals surface area contributed by atoms with Gasteiger partial charge in [-0.15, -0.1) is 0 Å². The van der Waals surface area contributed by atoms with E-state index in [9.17, 15) is 26.3 Å². The van der Waals surface area contributed by atoms with Gasteiger partial charge in [-0.2, -0.15) is 38.1 Å². The first kappa shape index (κ1) is 18.9. The normalized spacial score (nSPS) is 13.9. The summed E-state index contributed by atoms with van der Waals surface area (Å²) in [5.74, 6) is 0.196. The smallest absolute Gasteiger partial charge is 0.382 e. The molecular formula is C10H16F6O2S. The van der Waals surface area contributed by atoms with Crippen LogP contribution in [-0.2, 0) is 9.47 Å². The van der Waals surface area contributed by atoms with Crippen LogP contribution in [0.5, 0.6) is 0 Å². The summed E-state index contributed by atoms with van der Waals surface area (Å²) in [6.45, 7) is -1.11. The van der Waals surface area contributed by atoms with Gasteiger partial charge in [0.25, 0.3) is 5.60 Å². The van der Waals surface area contributed by atoms with Crippen molar-refractivity contribution in [1.29, 1.82) is 0 Å². The maximum atomic E-state index is 12.8. The first-order valence-electron chi connectivity index (χ1n) is 5.37. The summed E-state index contributed by atoms with van der Waals surface area (Å²) < 4.78 is 85.6. The minimum Gasteiger partial charge on any atom is -0.382 e. The molecule has 9 heteroatoms. The minimum absolute atomic E-state index is 0.196. The van der Waals surface area contributed by atoms with Crippen LogP contribution in [0.1, 0.15) is 12.8 Å². The van der Waals surface area contributed by atoms with Crippen LogP contribution in [0.15, 0.2) is 0 Å². The Bertz CT molecular complexity index is 227. The Morgan fingerprint density at radius 3 is 1.84 bits per heavy atom. The van der Waals surface area contributed by atoms with Gasteiger partial charge in [-0.05, 0) is 24.9 Å². The molecule has 0 spiro atoms. The highest BCUT2D eigenvalue weighted by atomic mass is 32.2. The Balaban J connectivity index is 5.11. The van der Waals surface area contributed by atoms with Crippen molar-refractivity contribution < 1.29 is 35.8 Å². The molecular weight excluding hydrogens is 298 g/mol. The molecule has 0 saturated heterocycles. The van der Waals surface area contributed by atoms with Gasteiger partial charge in [0, 0.05) is 7.11 Å². The lowest BCUT2D eigenvalue weighted by atomic mass is 9.96. The predicted molar refractivity (Wildman–Crippen MR) is 60.3 cm³/mol. The van der Waals surface area contributed by atoms with Gasteiger partial charge in [0.2, 0.25) is 0 Å². The molecule has 0 aliphatic heterocycles. The van der Waals surface area contributed by atoms with Crippen LogP contribution in [0.3, 0.4) is 0 Å². The maximum absolute atomic E-state index is 12.8. The summed E-state index contributed by atoms with van der Waals surface area (Å²) >= 11 is 1.18. The van der Waals surface area contributed by atoms with Gasteiger partial charge in [-0.3, -0.25) is 0 Å². The second kappa shape index (κ2) is 7.58. The number of alkyl halides is 6. The molecule has 0 rings (SSSR count). The molecule has 0 amide bonds. The van der Waals surface area contributed by atoms with E-state index in [2.05, 4.69) is 9.47 Å². The highest BCUT2D eigenvalue weighted by molar-refractivity contribution is 7.98. The van der Waals surface area contributed by atoms with E-state index in [1.165, 1.54) is 18.9 Å². The van der Waals surface area contributed by atoms with Crippen LogP contribution >= 0.6 is 11.8 Å². The van der Waals surface area contributed by atoms with E-state index in [-0.39, 0.29) is 18.8 Å². The topological polar surface area (TPSA) is 18.5 Å². The molecule has 0 fully saturated rings. The van der Waals surface area contributed by atoms with Crippen LogP contribution in [-0.4, -0.2) is 50.3 Å². The van der Waals surface area contributed by atoms with Crippen molar-refractivity contribution in [3.63, 3.8) is 0 Å². The van der Waals surface area contributed by atoms with Crippen molar-refractivity contribution in [3.05, 3.63) is 0 Å². The third-order valence-electron chi connectivity index (χ3n) is 2.43. The molecule has 0 saturated carbocycles. The first-order valence-corrected chi connectivity index (χ1v) is 6.77. The predicted octanol–water partition coefficient (Wildman–Crippen LogP) is 3.66. The molecule has 0 N–H and O–H groups in total. The van der Waals surface area contributed by atoms with E-state index >= 15 is 0 Å². The zero-order chi connectivity index (χ0) is 15.2. The van der Waals surface area contributed by atoms with E-state index < -0.39 is 31.0 Å². The van der Waals surface area contributed by atoms with E-state index in [1.54, 1.807) is 6.26 Å². The maximum Gasteiger partial charge on any atom is 0.426 e. The fourth-order valence-corrected chi connectivity index (χ4v) is 1.88. The van der Waals surface area contributed by atoms with Crippen molar-refractivity contribution >= 4 is 11.8 Å². The Morgan fingerprint density at radius 2 is 1.47 bits per heavy atom. The molecule has 0 bridgehead atoms.